The molecule has 0 amide bonds. The molecule has 2 N–H and O–H groups in total. The van der Waals surface area contributed by atoms with Gasteiger partial charge in [-0.3, -0.25) is 0 Å². The van der Waals surface area contributed by atoms with Gasteiger partial charge in [0.05, 0.1) is 0 Å². The lowest BCUT2D eigenvalue weighted by molar-refractivity contribution is 0.166. The van der Waals surface area contributed by atoms with Crippen LogP contribution in [-0.4, -0.2) is 56.1 Å². The van der Waals surface area contributed by atoms with E-state index in [9.17, 15) is 0 Å². The first kappa shape index (κ1) is 12.9. The summed E-state index contributed by atoms with van der Waals surface area (Å²) >= 11 is 0. The van der Waals surface area contributed by atoms with E-state index in [4.69, 9.17) is 5.73 Å². The van der Waals surface area contributed by atoms with Crippen molar-refractivity contribution >= 4 is 0 Å². The monoisotopic (exact) mass is 213 g/mol. The molecule has 1 fully saturated rings. The van der Waals surface area contributed by atoms with Crippen LogP contribution in [0.15, 0.2) is 0 Å². The fourth-order valence-electron chi connectivity index (χ4n) is 2.31. The highest BCUT2D eigenvalue weighted by Gasteiger charge is 2.21. The summed E-state index contributed by atoms with van der Waals surface area (Å²) in [6, 6.07) is 0.383. The lowest BCUT2D eigenvalue weighted by Gasteiger charge is -2.33. The summed E-state index contributed by atoms with van der Waals surface area (Å²) in [7, 11) is 4.28. The fraction of sp³-hybridized carbons (Fsp3) is 1.00. The van der Waals surface area contributed by atoms with Gasteiger partial charge in [-0.1, -0.05) is 0 Å². The Morgan fingerprint density at radius 3 is 2.40 bits per heavy atom. The van der Waals surface area contributed by atoms with Gasteiger partial charge in [-0.2, -0.15) is 0 Å². The van der Waals surface area contributed by atoms with Crippen molar-refractivity contribution in [2.45, 2.75) is 32.2 Å². The Balaban J connectivity index is 2.09. The third-order valence-electron chi connectivity index (χ3n) is 3.46. The van der Waals surface area contributed by atoms with Gasteiger partial charge in [0.2, 0.25) is 0 Å². The van der Waals surface area contributed by atoms with Gasteiger partial charge in [-0.25, -0.2) is 0 Å². The van der Waals surface area contributed by atoms with Crippen molar-refractivity contribution in [3.63, 3.8) is 0 Å². The molecule has 0 aromatic rings. The standard InChI is InChI=1S/C12H27N3/c1-11(13)12-5-9-15(10-6-12)8-4-7-14(2)3/h11-12H,4-10,13H2,1-3H3. The van der Waals surface area contributed by atoms with Gasteiger partial charge in [0.25, 0.3) is 0 Å². The van der Waals surface area contributed by atoms with Gasteiger partial charge >= 0.3 is 0 Å². The Bertz CT molecular complexity index is 157. The van der Waals surface area contributed by atoms with E-state index in [1.165, 1.54) is 45.4 Å². The summed E-state index contributed by atoms with van der Waals surface area (Å²) in [5.74, 6) is 0.759. The molecule has 1 heterocycles. The van der Waals surface area contributed by atoms with Crippen LogP contribution in [0.2, 0.25) is 0 Å². The molecule has 1 rings (SSSR count). The number of likely N-dealkylation sites (tertiary alicyclic amines) is 1. The fourth-order valence-corrected chi connectivity index (χ4v) is 2.31. The van der Waals surface area contributed by atoms with Gasteiger partial charge in [-0.15, -0.1) is 0 Å². The lowest BCUT2D eigenvalue weighted by atomic mass is 9.91. The number of rotatable bonds is 5. The van der Waals surface area contributed by atoms with Crippen molar-refractivity contribution in [2.24, 2.45) is 11.7 Å². The highest BCUT2D eigenvalue weighted by Crippen LogP contribution is 2.19. The summed E-state index contributed by atoms with van der Waals surface area (Å²) in [5.41, 5.74) is 5.93. The molecule has 90 valence electrons. The maximum Gasteiger partial charge on any atom is 0.00397 e. The predicted octanol–water partition coefficient (Wildman–Crippen LogP) is 0.997. The Morgan fingerprint density at radius 1 is 1.33 bits per heavy atom. The number of piperidine rings is 1. The Labute approximate surface area is 94.6 Å². The van der Waals surface area contributed by atoms with Crippen molar-refractivity contribution in [3.8, 4) is 0 Å². The molecule has 1 saturated heterocycles. The van der Waals surface area contributed by atoms with E-state index in [1.807, 2.05) is 0 Å². The second-order valence-electron chi connectivity index (χ2n) is 5.20. The van der Waals surface area contributed by atoms with Crippen molar-refractivity contribution in [2.75, 3.05) is 40.3 Å². The molecule has 1 unspecified atom stereocenters. The molecule has 0 saturated carbocycles. The van der Waals surface area contributed by atoms with Crippen LogP contribution in [0.3, 0.4) is 0 Å². The first-order valence-electron chi connectivity index (χ1n) is 6.22. The minimum Gasteiger partial charge on any atom is -0.328 e. The van der Waals surface area contributed by atoms with E-state index in [1.54, 1.807) is 0 Å². The van der Waals surface area contributed by atoms with E-state index >= 15 is 0 Å². The van der Waals surface area contributed by atoms with Crippen LogP contribution in [0.25, 0.3) is 0 Å². The molecule has 3 heteroatoms. The molecule has 3 nitrogen and oxygen atoms in total. The van der Waals surface area contributed by atoms with Crippen molar-refractivity contribution < 1.29 is 0 Å². The van der Waals surface area contributed by atoms with Gasteiger partial charge in [0, 0.05) is 6.04 Å². The Morgan fingerprint density at radius 2 is 1.93 bits per heavy atom. The van der Waals surface area contributed by atoms with Crippen LogP contribution < -0.4 is 5.73 Å². The van der Waals surface area contributed by atoms with Crippen LogP contribution in [0.5, 0.6) is 0 Å². The zero-order valence-electron chi connectivity index (χ0n) is 10.6. The number of nitrogens with zero attached hydrogens (tertiary/aromatic N) is 2. The van der Waals surface area contributed by atoms with Crippen molar-refractivity contribution in [1.29, 1.82) is 0 Å². The molecule has 0 bridgehead atoms. The SMILES string of the molecule is CC(N)C1CCN(CCCN(C)C)CC1. The zero-order valence-corrected chi connectivity index (χ0v) is 10.6. The molecule has 0 radical (unpaired) electrons. The molecule has 15 heavy (non-hydrogen) atoms. The third-order valence-corrected chi connectivity index (χ3v) is 3.46. The predicted molar refractivity (Wildman–Crippen MR) is 66.0 cm³/mol. The quantitative estimate of drug-likeness (QED) is 0.739. The number of nitrogens with two attached hydrogens (primary N) is 1. The van der Waals surface area contributed by atoms with Crippen LogP contribution in [0.4, 0.5) is 0 Å². The van der Waals surface area contributed by atoms with Gasteiger partial charge in [0.1, 0.15) is 0 Å². The highest BCUT2D eigenvalue weighted by molar-refractivity contribution is 4.77. The first-order valence-corrected chi connectivity index (χ1v) is 6.22. The molecule has 0 spiro atoms. The number of hydrogen-bond acceptors (Lipinski definition) is 3. The molecule has 1 aliphatic heterocycles. The summed E-state index contributed by atoms with van der Waals surface area (Å²) in [6.07, 6.45) is 3.87. The number of hydrogen-bond donors (Lipinski definition) is 1. The Hall–Kier alpha value is -0.120. The van der Waals surface area contributed by atoms with Crippen molar-refractivity contribution in [1.82, 2.24) is 9.80 Å². The summed E-state index contributed by atoms with van der Waals surface area (Å²) in [4.78, 5) is 4.84. The zero-order chi connectivity index (χ0) is 11.3. The molecule has 1 atom stereocenters. The van der Waals surface area contributed by atoms with E-state index in [2.05, 4.69) is 30.8 Å². The lowest BCUT2D eigenvalue weighted by Crippen LogP contribution is -2.40. The average molecular weight is 213 g/mol. The van der Waals surface area contributed by atoms with Crippen LogP contribution >= 0.6 is 0 Å². The molecular weight excluding hydrogens is 186 g/mol. The minimum absolute atomic E-state index is 0.383. The van der Waals surface area contributed by atoms with E-state index in [-0.39, 0.29) is 0 Å². The maximum atomic E-state index is 5.93. The average Bonchev–Trinajstić information content (AvgIpc) is 2.18. The van der Waals surface area contributed by atoms with Gasteiger partial charge in [-0.05, 0) is 72.4 Å². The maximum absolute atomic E-state index is 5.93. The topological polar surface area (TPSA) is 32.5 Å². The second-order valence-corrected chi connectivity index (χ2v) is 5.20. The van der Waals surface area contributed by atoms with E-state index < -0.39 is 0 Å². The first-order chi connectivity index (χ1) is 7.09. The van der Waals surface area contributed by atoms with Crippen LogP contribution in [0.1, 0.15) is 26.2 Å². The molecule has 0 aromatic carbocycles. The van der Waals surface area contributed by atoms with Crippen molar-refractivity contribution in [3.05, 3.63) is 0 Å². The highest BCUT2D eigenvalue weighted by atomic mass is 15.1. The molecule has 1 aliphatic rings. The normalized spacial score (nSPS) is 22.2. The minimum atomic E-state index is 0.383. The van der Waals surface area contributed by atoms with E-state index in [0.29, 0.717) is 6.04 Å². The van der Waals surface area contributed by atoms with Gasteiger partial charge < -0.3 is 15.5 Å². The van der Waals surface area contributed by atoms with Crippen LogP contribution in [0, 0.1) is 5.92 Å². The van der Waals surface area contributed by atoms with Crippen LogP contribution in [-0.2, 0) is 0 Å². The second kappa shape index (κ2) is 6.46. The van der Waals surface area contributed by atoms with Gasteiger partial charge in [0.15, 0.2) is 0 Å². The molecular formula is C12H27N3. The largest absolute Gasteiger partial charge is 0.328 e. The summed E-state index contributed by atoms with van der Waals surface area (Å²) in [6.45, 7) is 7.10. The summed E-state index contributed by atoms with van der Waals surface area (Å²) < 4.78 is 0. The Kier molecular flexibility index (Phi) is 5.58. The molecule has 0 aromatic heterocycles. The molecule has 0 aliphatic carbocycles. The third kappa shape index (κ3) is 4.96. The smallest absolute Gasteiger partial charge is 0.00397 e. The van der Waals surface area contributed by atoms with E-state index in [0.717, 1.165) is 5.92 Å². The summed E-state index contributed by atoms with van der Waals surface area (Å²) in [5, 5.41) is 0.